The number of hydrogen-bond donors (Lipinski definition) is 2. The van der Waals surface area contributed by atoms with E-state index >= 15 is 0 Å². The van der Waals surface area contributed by atoms with Crippen molar-refractivity contribution in [3.8, 4) is 5.75 Å². The number of benzene rings is 1. The van der Waals surface area contributed by atoms with E-state index in [2.05, 4.69) is 26.6 Å². The molecule has 0 fully saturated rings. The molecule has 110 valence electrons. The van der Waals surface area contributed by atoms with Gasteiger partial charge in [0.05, 0.1) is 17.6 Å². The third-order valence-corrected chi connectivity index (χ3v) is 3.12. The number of carbonyl (C=O) groups excluding carboxylic acids is 2. The molecule has 0 atom stereocenters. The molecule has 0 aliphatic carbocycles. The first kappa shape index (κ1) is 16.5. The third-order valence-electron chi connectivity index (χ3n) is 2.46. The van der Waals surface area contributed by atoms with Crippen molar-refractivity contribution in [2.24, 2.45) is 0 Å². The molecule has 0 spiro atoms. The lowest BCUT2D eigenvalue weighted by atomic mass is 10.3. The Labute approximate surface area is 127 Å². The molecule has 6 heteroatoms. The van der Waals surface area contributed by atoms with Gasteiger partial charge in [-0.2, -0.15) is 0 Å². The fraction of sp³-hybridized carbons (Fsp3) is 0.429. The molecule has 0 aromatic heterocycles. The Morgan fingerprint density at radius 3 is 2.65 bits per heavy atom. The van der Waals surface area contributed by atoms with Crippen LogP contribution in [0.4, 0.5) is 0 Å². The van der Waals surface area contributed by atoms with Gasteiger partial charge in [-0.25, -0.2) is 0 Å². The van der Waals surface area contributed by atoms with E-state index in [1.54, 1.807) is 0 Å². The summed E-state index contributed by atoms with van der Waals surface area (Å²) in [6, 6.07) is 7.55. The molecule has 0 radical (unpaired) electrons. The van der Waals surface area contributed by atoms with E-state index in [1.807, 2.05) is 31.2 Å². The highest BCUT2D eigenvalue weighted by atomic mass is 79.9. The molecule has 0 heterocycles. The van der Waals surface area contributed by atoms with Gasteiger partial charge in [0.25, 0.3) is 0 Å². The molecule has 0 aliphatic rings. The fourth-order valence-corrected chi connectivity index (χ4v) is 1.90. The van der Waals surface area contributed by atoms with Gasteiger partial charge in [0, 0.05) is 13.0 Å². The van der Waals surface area contributed by atoms with E-state index < -0.39 is 0 Å². The zero-order chi connectivity index (χ0) is 14.8. The number of amides is 2. The highest BCUT2D eigenvalue weighted by Gasteiger charge is 2.05. The number of nitrogens with one attached hydrogen (secondary N) is 2. The van der Waals surface area contributed by atoms with Gasteiger partial charge < -0.3 is 15.4 Å². The summed E-state index contributed by atoms with van der Waals surface area (Å²) in [5.74, 6) is 0.438. The van der Waals surface area contributed by atoms with E-state index in [1.165, 1.54) is 0 Å². The van der Waals surface area contributed by atoms with Crippen LogP contribution >= 0.6 is 15.9 Å². The molecule has 0 unspecified atom stereocenters. The molecule has 5 nitrogen and oxygen atoms in total. The lowest BCUT2D eigenvalue weighted by Crippen LogP contribution is -2.36. The Balaban J connectivity index is 2.13. The summed E-state index contributed by atoms with van der Waals surface area (Å²) in [4.78, 5) is 22.6. The van der Waals surface area contributed by atoms with Crippen LogP contribution in [0.15, 0.2) is 28.7 Å². The Kier molecular flexibility index (Phi) is 7.72. The van der Waals surface area contributed by atoms with Crippen LogP contribution in [0.2, 0.25) is 0 Å². The Morgan fingerprint density at radius 1 is 1.20 bits per heavy atom. The second-order valence-corrected chi connectivity index (χ2v) is 4.97. The van der Waals surface area contributed by atoms with Crippen molar-refractivity contribution in [1.29, 1.82) is 0 Å². The standard InChI is InChI=1S/C14H19BrN2O3/c1-2-16-14(19)10-17-13(18)8-5-9-20-12-7-4-3-6-11(12)15/h3-4,6-7H,2,5,8-10H2,1H3,(H,16,19)(H,17,18). The Bertz CT molecular complexity index is 452. The van der Waals surface area contributed by atoms with E-state index in [4.69, 9.17) is 4.74 Å². The fourth-order valence-electron chi connectivity index (χ4n) is 1.50. The smallest absolute Gasteiger partial charge is 0.239 e. The lowest BCUT2D eigenvalue weighted by molar-refractivity contribution is -0.126. The number of carbonyl (C=O) groups is 2. The third kappa shape index (κ3) is 6.56. The first-order chi connectivity index (χ1) is 9.63. The maximum absolute atomic E-state index is 11.5. The molecule has 1 rings (SSSR count). The van der Waals surface area contributed by atoms with Crippen molar-refractivity contribution in [3.63, 3.8) is 0 Å². The molecular formula is C14H19BrN2O3. The van der Waals surface area contributed by atoms with Gasteiger partial charge in [-0.3, -0.25) is 9.59 Å². The van der Waals surface area contributed by atoms with Gasteiger partial charge in [0.1, 0.15) is 5.75 Å². The number of likely N-dealkylation sites (N-methyl/N-ethyl adjacent to an activating group) is 1. The SMILES string of the molecule is CCNC(=O)CNC(=O)CCCOc1ccccc1Br. The minimum Gasteiger partial charge on any atom is -0.492 e. The average molecular weight is 343 g/mol. The molecule has 1 aromatic carbocycles. The summed E-state index contributed by atoms with van der Waals surface area (Å²) in [6.07, 6.45) is 0.937. The van der Waals surface area contributed by atoms with Crippen molar-refractivity contribution in [2.75, 3.05) is 19.7 Å². The van der Waals surface area contributed by atoms with Crippen LogP contribution < -0.4 is 15.4 Å². The second-order valence-electron chi connectivity index (χ2n) is 4.11. The van der Waals surface area contributed by atoms with E-state index in [0.717, 1.165) is 10.2 Å². The predicted octanol–water partition coefficient (Wildman–Crippen LogP) is 1.86. The summed E-state index contributed by atoms with van der Waals surface area (Å²) in [6.45, 7) is 2.88. The van der Waals surface area contributed by atoms with Gasteiger partial charge in [0.15, 0.2) is 0 Å². The molecule has 0 bridgehead atoms. The first-order valence-electron chi connectivity index (χ1n) is 6.54. The van der Waals surface area contributed by atoms with E-state index in [-0.39, 0.29) is 18.4 Å². The van der Waals surface area contributed by atoms with E-state index in [9.17, 15) is 9.59 Å². The van der Waals surface area contributed by atoms with Crippen molar-refractivity contribution in [3.05, 3.63) is 28.7 Å². The molecule has 0 saturated heterocycles. The highest BCUT2D eigenvalue weighted by molar-refractivity contribution is 9.10. The summed E-state index contributed by atoms with van der Waals surface area (Å²) >= 11 is 3.38. The van der Waals surface area contributed by atoms with Gasteiger partial charge in [-0.1, -0.05) is 12.1 Å². The zero-order valence-electron chi connectivity index (χ0n) is 11.4. The molecule has 0 saturated carbocycles. The predicted molar refractivity (Wildman–Crippen MR) is 80.6 cm³/mol. The summed E-state index contributed by atoms with van der Waals surface area (Å²) in [5, 5.41) is 5.17. The van der Waals surface area contributed by atoms with Crippen LogP contribution in [0.3, 0.4) is 0 Å². The topological polar surface area (TPSA) is 67.4 Å². The first-order valence-corrected chi connectivity index (χ1v) is 7.33. The minimum atomic E-state index is -0.176. The van der Waals surface area contributed by atoms with Crippen LogP contribution in [0.5, 0.6) is 5.75 Å². The molecule has 0 aliphatic heterocycles. The maximum atomic E-state index is 11.5. The quantitative estimate of drug-likeness (QED) is 0.708. The average Bonchev–Trinajstić information content (AvgIpc) is 2.43. The molecule has 20 heavy (non-hydrogen) atoms. The molecule has 2 amide bonds. The number of ether oxygens (including phenoxy) is 1. The zero-order valence-corrected chi connectivity index (χ0v) is 13.0. The Morgan fingerprint density at radius 2 is 1.95 bits per heavy atom. The van der Waals surface area contributed by atoms with Gasteiger partial charge >= 0.3 is 0 Å². The number of halogens is 1. The van der Waals surface area contributed by atoms with Crippen LogP contribution in [0.1, 0.15) is 19.8 Å². The van der Waals surface area contributed by atoms with Crippen molar-refractivity contribution < 1.29 is 14.3 Å². The highest BCUT2D eigenvalue weighted by Crippen LogP contribution is 2.23. The van der Waals surface area contributed by atoms with Gasteiger partial charge in [-0.05, 0) is 41.4 Å². The van der Waals surface area contributed by atoms with Crippen LogP contribution in [0.25, 0.3) is 0 Å². The van der Waals surface area contributed by atoms with Gasteiger partial charge in [0.2, 0.25) is 11.8 Å². The second kappa shape index (κ2) is 9.36. The van der Waals surface area contributed by atoms with Gasteiger partial charge in [-0.15, -0.1) is 0 Å². The van der Waals surface area contributed by atoms with E-state index in [0.29, 0.717) is 26.0 Å². The van der Waals surface area contributed by atoms with Crippen molar-refractivity contribution in [1.82, 2.24) is 10.6 Å². The number of rotatable bonds is 8. The number of hydrogen-bond acceptors (Lipinski definition) is 3. The van der Waals surface area contributed by atoms with Crippen molar-refractivity contribution >= 4 is 27.7 Å². The summed E-state index contributed by atoms with van der Waals surface area (Å²) in [7, 11) is 0. The summed E-state index contributed by atoms with van der Waals surface area (Å²) in [5.41, 5.74) is 0. The largest absolute Gasteiger partial charge is 0.492 e. The van der Waals surface area contributed by atoms with Crippen molar-refractivity contribution in [2.45, 2.75) is 19.8 Å². The Hall–Kier alpha value is -1.56. The number of para-hydroxylation sites is 1. The summed E-state index contributed by atoms with van der Waals surface area (Å²) < 4.78 is 6.43. The van der Waals surface area contributed by atoms with Crippen LogP contribution in [-0.2, 0) is 9.59 Å². The normalized spacial score (nSPS) is 9.90. The molecule has 1 aromatic rings. The minimum absolute atomic E-state index is 0.0256. The maximum Gasteiger partial charge on any atom is 0.239 e. The lowest BCUT2D eigenvalue weighted by Gasteiger charge is -2.08. The van der Waals surface area contributed by atoms with Crippen LogP contribution in [-0.4, -0.2) is 31.5 Å². The monoisotopic (exact) mass is 342 g/mol. The molecular weight excluding hydrogens is 324 g/mol. The van der Waals surface area contributed by atoms with Crippen LogP contribution in [0, 0.1) is 0 Å². The molecule has 2 N–H and O–H groups in total.